The average Bonchev–Trinajstić information content (AvgIpc) is 3.37. The first-order valence-electron chi connectivity index (χ1n) is 8.98. The first kappa shape index (κ1) is 16.4. The summed E-state index contributed by atoms with van der Waals surface area (Å²) >= 11 is 0. The molecule has 3 heteroatoms. The van der Waals surface area contributed by atoms with Crippen LogP contribution in [0.5, 0.6) is 5.75 Å². The summed E-state index contributed by atoms with van der Waals surface area (Å²) < 4.78 is 5.60. The molecule has 0 spiro atoms. The maximum atomic E-state index is 11.2. The Morgan fingerprint density at radius 1 is 1.22 bits per heavy atom. The molecule has 0 radical (unpaired) electrons. The van der Waals surface area contributed by atoms with E-state index in [9.17, 15) is 9.90 Å². The summed E-state index contributed by atoms with van der Waals surface area (Å²) in [5.41, 5.74) is 2.50. The van der Waals surface area contributed by atoms with Gasteiger partial charge in [-0.3, -0.25) is 4.79 Å². The molecule has 0 aliphatic heterocycles. The van der Waals surface area contributed by atoms with Crippen LogP contribution < -0.4 is 4.74 Å². The van der Waals surface area contributed by atoms with Crippen LogP contribution >= 0.6 is 0 Å². The van der Waals surface area contributed by atoms with Crippen molar-refractivity contribution in [3.8, 4) is 5.75 Å². The van der Waals surface area contributed by atoms with Crippen molar-refractivity contribution in [3.63, 3.8) is 0 Å². The van der Waals surface area contributed by atoms with E-state index in [0.717, 1.165) is 11.7 Å². The molecular weight excluding hydrogens is 288 g/mol. The number of carboxylic acids is 1. The Kier molecular flexibility index (Phi) is 4.93. The van der Waals surface area contributed by atoms with Crippen LogP contribution in [-0.2, 0) is 4.79 Å². The molecule has 1 N–H and O–H groups in total. The topological polar surface area (TPSA) is 46.5 Å². The third kappa shape index (κ3) is 3.88. The highest BCUT2D eigenvalue weighted by atomic mass is 16.5. The molecule has 0 amide bonds. The van der Waals surface area contributed by atoms with Crippen LogP contribution in [0.2, 0.25) is 0 Å². The fourth-order valence-corrected chi connectivity index (χ4v) is 4.12. The first-order chi connectivity index (χ1) is 11.1. The van der Waals surface area contributed by atoms with Crippen LogP contribution in [0, 0.1) is 11.8 Å². The van der Waals surface area contributed by atoms with Crippen LogP contribution in [0.1, 0.15) is 74.8 Å². The van der Waals surface area contributed by atoms with E-state index in [2.05, 4.69) is 25.1 Å². The zero-order valence-corrected chi connectivity index (χ0v) is 14.3. The van der Waals surface area contributed by atoms with Gasteiger partial charge in [-0.1, -0.05) is 31.9 Å². The van der Waals surface area contributed by atoms with E-state index in [-0.39, 0.29) is 12.3 Å². The van der Waals surface area contributed by atoms with Gasteiger partial charge in [0.05, 0.1) is 13.5 Å². The fourth-order valence-electron chi connectivity index (χ4n) is 4.12. The summed E-state index contributed by atoms with van der Waals surface area (Å²) in [5, 5.41) is 9.25. The van der Waals surface area contributed by atoms with Crippen molar-refractivity contribution in [2.45, 2.75) is 63.7 Å². The Balaban J connectivity index is 1.87. The molecule has 126 valence electrons. The molecule has 0 aromatic heterocycles. The zero-order chi connectivity index (χ0) is 16.4. The standard InChI is InChI=1S/C20H28O3/c1-13-3-5-15(6-4-13)18-11-16(9-10-19(18)23-2)17(12-20(21)22)14-7-8-14/h9-11,13-15,17H,3-8,12H2,1-2H3,(H,21,22). The van der Waals surface area contributed by atoms with Gasteiger partial charge in [0.15, 0.2) is 0 Å². The van der Waals surface area contributed by atoms with Gasteiger partial charge >= 0.3 is 5.97 Å². The number of benzene rings is 1. The van der Waals surface area contributed by atoms with Gasteiger partial charge in [-0.25, -0.2) is 0 Å². The van der Waals surface area contributed by atoms with E-state index < -0.39 is 5.97 Å². The smallest absolute Gasteiger partial charge is 0.303 e. The van der Waals surface area contributed by atoms with E-state index in [0.29, 0.717) is 11.8 Å². The second kappa shape index (κ2) is 6.94. The lowest BCUT2D eigenvalue weighted by atomic mass is 9.78. The number of carbonyl (C=O) groups is 1. The maximum Gasteiger partial charge on any atom is 0.303 e. The molecule has 2 fully saturated rings. The van der Waals surface area contributed by atoms with Crippen molar-refractivity contribution in [2.24, 2.45) is 11.8 Å². The van der Waals surface area contributed by atoms with Gasteiger partial charge in [-0.05, 0) is 66.5 Å². The lowest BCUT2D eigenvalue weighted by molar-refractivity contribution is -0.137. The maximum absolute atomic E-state index is 11.2. The molecule has 1 unspecified atom stereocenters. The molecule has 2 aliphatic rings. The highest BCUT2D eigenvalue weighted by Gasteiger charge is 2.34. The minimum Gasteiger partial charge on any atom is -0.496 e. The summed E-state index contributed by atoms with van der Waals surface area (Å²) in [6.07, 6.45) is 7.57. The Labute approximate surface area is 139 Å². The molecule has 0 heterocycles. The number of hydrogen-bond donors (Lipinski definition) is 1. The second-order valence-corrected chi connectivity index (χ2v) is 7.50. The quantitative estimate of drug-likeness (QED) is 0.807. The highest BCUT2D eigenvalue weighted by molar-refractivity contribution is 5.68. The van der Waals surface area contributed by atoms with E-state index in [1.807, 2.05) is 0 Å². The summed E-state index contributed by atoms with van der Waals surface area (Å²) in [7, 11) is 1.74. The third-order valence-electron chi connectivity index (χ3n) is 5.72. The molecule has 3 nitrogen and oxygen atoms in total. The highest BCUT2D eigenvalue weighted by Crippen LogP contribution is 2.47. The van der Waals surface area contributed by atoms with Crippen LogP contribution in [-0.4, -0.2) is 18.2 Å². The van der Waals surface area contributed by atoms with Gasteiger partial charge in [0.2, 0.25) is 0 Å². The second-order valence-electron chi connectivity index (χ2n) is 7.50. The Bertz CT molecular complexity index is 554. The fraction of sp³-hybridized carbons (Fsp3) is 0.650. The lowest BCUT2D eigenvalue weighted by Gasteiger charge is -2.28. The Morgan fingerprint density at radius 3 is 2.48 bits per heavy atom. The number of aliphatic carboxylic acids is 1. The molecule has 2 aliphatic carbocycles. The number of ether oxygens (including phenoxy) is 1. The minimum absolute atomic E-state index is 0.166. The Hall–Kier alpha value is -1.51. The van der Waals surface area contributed by atoms with Crippen LogP contribution in [0.3, 0.4) is 0 Å². The van der Waals surface area contributed by atoms with Crippen molar-refractivity contribution in [3.05, 3.63) is 29.3 Å². The summed E-state index contributed by atoms with van der Waals surface area (Å²) in [5.74, 6) is 2.39. The molecule has 0 bridgehead atoms. The molecular formula is C20H28O3. The van der Waals surface area contributed by atoms with Gasteiger partial charge in [-0.15, -0.1) is 0 Å². The molecule has 23 heavy (non-hydrogen) atoms. The monoisotopic (exact) mass is 316 g/mol. The molecule has 1 aromatic carbocycles. The predicted molar refractivity (Wildman–Crippen MR) is 91.1 cm³/mol. The summed E-state index contributed by atoms with van der Waals surface area (Å²) in [4.78, 5) is 11.2. The van der Waals surface area contributed by atoms with Gasteiger partial charge in [0.1, 0.15) is 5.75 Å². The molecule has 1 aromatic rings. The first-order valence-corrected chi connectivity index (χ1v) is 8.98. The molecule has 2 saturated carbocycles. The van der Waals surface area contributed by atoms with Crippen molar-refractivity contribution in [1.82, 2.24) is 0 Å². The number of hydrogen-bond acceptors (Lipinski definition) is 2. The van der Waals surface area contributed by atoms with Crippen molar-refractivity contribution < 1.29 is 14.6 Å². The largest absolute Gasteiger partial charge is 0.496 e. The summed E-state index contributed by atoms with van der Waals surface area (Å²) in [6.45, 7) is 2.33. The minimum atomic E-state index is -0.689. The van der Waals surface area contributed by atoms with E-state index in [1.54, 1.807) is 7.11 Å². The van der Waals surface area contributed by atoms with Crippen molar-refractivity contribution >= 4 is 5.97 Å². The van der Waals surface area contributed by atoms with Crippen LogP contribution in [0.4, 0.5) is 0 Å². The SMILES string of the molecule is COc1ccc(C(CC(=O)O)C2CC2)cc1C1CCC(C)CC1. The van der Waals surface area contributed by atoms with E-state index in [4.69, 9.17) is 4.74 Å². The van der Waals surface area contributed by atoms with Gasteiger partial charge in [-0.2, -0.15) is 0 Å². The van der Waals surface area contributed by atoms with Crippen LogP contribution in [0.25, 0.3) is 0 Å². The molecule has 1 atom stereocenters. The van der Waals surface area contributed by atoms with Gasteiger partial charge in [0, 0.05) is 0 Å². The van der Waals surface area contributed by atoms with Gasteiger partial charge < -0.3 is 9.84 Å². The number of methoxy groups -OCH3 is 1. The lowest BCUT2D eigenvalue weighted by Crippen LogP contribution is -2.13. The predicted octanol–water partition coefficient (Wildman–Crippen LogP) is 4.96. The van der Waals surface area contributed by atoms with Crippen molar-refractivity contribution in [1.29, 1.82) is 0 Å². The number of rotatable bonds is 6. The molecule has 3 rings (SSSR count). The zero-order valence-electron chi connectivity index (χ0n) is 14.3. The average molecular weight is 316 g/mol. The third-order valence-corrected chi connectivity index (χ3v) is 5.72. The Morgan fingerprint density at radius 2 is 1.91 bits per heavy atom. The number of carboxylic acid groups (broad SMARTS) is 1. The normalized spacial score (nSPS) is 25.8. The summed E-state index contributed by atoms with van der Waals surface area (Å²) in [6, 6.07) is 6.39. The molecule has 0 saturated heterocycles. The van der Waals surface area contributed by atoms with Crippen molar-refractivity contribution in [2.75, 3.05) is 7.11 Å². The van der Waals surface area contributed by atoms with Crippen LogP contribution in [0.15, 0.2) is 18.2 Å². The van der Waals surface area contributed by atoms with Gasteiger partial charge in [0.25, 0.3) is 0 Å². The van der Waals surface area contributed by atoms with E-state index in [1.165, 1.54) is 49.7 Å². The van der Waals surface area contributed by atoms with E-state index >= 15 is 0 Å².